The van der Waals surface area contributed by atoms with Gasteiger partial charge in [0.2, 0.25) is 0 Å². The van der Waals surface area contributed by atoms with Crippen LogP contribution in [0.5, 0.6) is 0 Å². The SMILES string of the molecule is c1ccc(-c2cc(-c3ccc(-n4c5ccccc5c5ccccc54)cc3)nc(-c3ccc4sc5c6ccccc6nc(-c6ccccc6)c5c4c3)n2)cc1. The van der Waals surface area contributed by atoms with Crippen LogP contribution in [0, 0.1) is 0 Å². The third kappa shape index (κ3) is 4.94. The van der Waals surface area contributed by atoms with Gasteiger partial charge >= 0.3 is 0 Å². The topological polar surface area (TPSA) is 43.6 Å². The van der Waals surface area contributed by atoms with Gasteiger partial charge < -0.3 is 4.57 Å². The van der Waals surface area contributed by atoms with E-state index in [-0.39, 0.29) is 0 Å². The summed E-state index contributed by atoms with van der Waals surface area (Å²) in [5.74, 6) is 0.689. The van der Waals surface area contributed by atoms with Crippen LogP contribution in [0.2, 0.25) is 0 Å². The Labute approximate surface area is 315 Å². The summed E-state index contributed by atoms with van der Waals surface area (Å²) < 4.78 is 4.80. The molecule has 0 aliphatic carbocycles. The van der Waals surface area contributed by atoms with Crippen molar-refractivity contribution in [2.75, 3.05) is 0 Å². The number of fused-ring (bicyclic) bond motifs is 8. The molecule has 4 nitrogen and oxygen atoms in total. The maximum absolute atomic E-state index is 5.26. The molecule has 252 valence electrons. The Balaban J connectivity index is 1.09. The second-order valence-electron chi connectivity index (χ2n) is 13.6. The monoisotopic (exact) mass is 706 g/mol. The smallest absolute Gasteiger partial charge is 0.160 e. The van der Waals surface area contributed by atoms with Gasteiger partial charge in [0.1, 0.15) is 0 Å². The molecule has 54 heavy (non-hydrogen) atoms. The zero-order valence-electron chi connectivity index (χ0n) is 29.0. The molecule has 7 aromatic carbocycles. The average molecular weight is 707 g/mol. The van der Waals surface area contributed by atoms with E-state index >= 15 is 0 Å². The number of aromatic nitrogens is 4. The summed E-state index contributed by atoms with van der Waals surface area (Å²) >= 11 is 1.82. The second kappa shape index (κ2) is 12.3. The van der Waals surface area contributed by atoms with Crippen LogP contribution in [0.3, 0.4) is 0 Å². The van der Waals surface area contributed by atoms with Crippen LogP contribution in [-0.4, -0.2) is 19.5 Å². The van der Waals surface area contributed by atoms with Gasteiger partial charge in [-0.1, -0.05) is 127 Å². The third-order valence-electron chi connectivity index (χ3n) is 10.4. The van der Waals surface area contributed by atoms with Crippen molar-refractivity contribution in [3.05, 3.63) is 182 Å². The molecule has 0 radical (unpaired) electrons. The van der Waals surface area contributed by atoms with Gasteiger partial charge in [-0.05, 0) is 54.6 Å². The van der Waals surface area contributed by atoms with E-state index in [2.05, 4.69) is 180 Å². The van der Waals surface area contributed by atoms with Crippen molar-refractivity contribution < 1.29 is 0 Å². The molecule has 0 N–H and O–H groups in total. The van der Waals surface area contributed by atoms with E-state index in [0.29, 0.717) is 5.82 Å². The third-order valence-corrected chi connectivity index (χ3v) is 11.6. The number of pyridine rings is 1. The predicted molar refractivity (Wildman–Crippen MR) is 226 cm³/mol. The van der Waals surface area contributed by atoms with Gasteiger partial charge in [0.25, 0.3) is 0 Å². The molecule has 11 rings (SSSR count). The fourth-order valence-electron chi connectivity index (χ4n) is 7.87. The lowest BCUT2D eigenvalue weighted by molar-refractivity contribution is 1.17. The van der Waals surface area contributed by atoms with Crippen LogP contribution in [0.4, 0.5) is 0 Å². The summed E-state index contributed by atoms with van der Waals surface area (Å²) in [4.78, 5) is 15.7. The number of hydrogen-bond acceptors (Lipinski definition) is 4. The highest BCUT2D eigenvalue weighted by atomic mass is 32.1. The van der Waals surface area contributed by atoms with E-state index in [0.717, 1.165) is 55.9 Å². The minimum absolute atomic E-state index is 0.689. The van der Waals surface area contributed by atoms with E-state index in [1.54, 1.807) is 0 Å². The standard InChI is InChI=1S/C49H30N4S/c1-3-13-31(14-4-1)41-30-42(32-23-26-35(27-24-32)53-43-21-11-8-17-36(43)37-18-9-12-22-44(37)53)52-49(51-41)34-25-28-45-39(29-34)46-47(33-15-5-2-6-16-33)50-40-20-10-7-19-38(40)48(46)54-45/h1-30H. The summed E-state index contributed by atoms with van der Waals surface area (Å²) in [5, 5.41) is 6.00. The molecule has 5 heteroatoms. The molecule has 11 aromatic rings. The van der Waals surface area contributed by atoms with E-state index in [1.165, 1.54) is 42.0 Å². The summed E-state index contributed by atoms with van der Waals surface area (Å²) in [7, 11) is 0. The van der Waals surface area contributed by atoms with Gasteiger partial charge in [-0.2, -0.15) is 0 Å². The van der Waals surface area contributed by atoms with Crippen LogP contribution in [0.25, 0.3) is 104 Å². The maximum atomic E-state index is 5.26. The maximum Gasteiger partial charge on any atom is 0.160 e. The molecule has 4 heterocycles. The van der Waals surface area contributed by atoms with Gasteiger partial charge in [-0.25, -0.2) is 15.0 Å². The molecule has 0 amide bonds. The fourth-order valence-corrected chi connectivity index (χ4v) is 9.09. The Morgan fingerprint density at radius 1 is 0.407 bits per heavy atom. The number of nitrogens with zero attached hydrogens (tertiary/aromatic N) is 4. The Morgan fingerprint density at radius 3 is 1.65 bits per heavy atom. The highest BCUT2D eigenvalue weighted by Crippen LogP contribution is 2.44. The number of para-hydroxylation sites is 3. The fraction of sp³-hybridized carbons (Fsp3) is 0. The van der Waals surface area contributed by atoms with E-state index in [4.69, 9.17) is 15.0 Å². The normalized spacial score (nSPS) is 11.7. The molecule has 0 bridgehead atoms. The van der Waals surface area contributed by atoms with Crippen molar-refractivity contribution in [1.82, 2.24) is 19.5 Å². The van der Waals surface area contributed by atoms with Crippen molar-refractivity contribution in [2.24, 2.45) is 0 Å². The minimum Gasteiger partial charge on any atom is -0.309 e. The number of thiophene rings is 1. The first-order valence-corrected chi connectivity index (χ1v) is 18.9. The van der Waals surface area contributed by atoms with Crippen molar-refractivity contribution in [1.29, 1.82) is 0 Å². The average Bonchev–Trinajstić information content (AvgIpc) is 3.80. The van der Waals surface area contributed by atoms with Crippen molar-refractivity contribution >= 4 is 64.2 Å². The molecule has 0 spiro atoms. The van der Waals surface area contributed by atoms with Gasteiger partial charge in [0, 0.05) is 64.3 Å². The zero-order valence-corrected chi connectivity index (χ0v) is 29.8. The molecule has 4 aromatic heterocycles. The van der Waals surface area contributed by atoms with E-state index < -0.39 is 0 Å². The van der Waals surface area contributed by atoms with Crippen LogP contribution in [0.1, 0.15) is 0 Å². The van der Waals surface area contributed by atoms with E-state index in [1.807, 2.05) is 17.4 Å². The Hall–Kier alpha value is -6.95. The van der Waals surface area contributed by atoms with Crippen LogP contribution < -0.4 is 0 Å². The van der Waals surface area contributed by atoms with Crippen LogP contribution in [-0.2, 0) is 0 Å². The van der Waals surface area contributed by atoms with Gasteiger partial charge in [0.15, 0.2) is 5.82 Å². The molecular weight excluding hydrogens is 677 g/mol. The minimum atomic E-state index is 0.689. The summed E-state index contributed by atoms with van der Waals surface area (Å²) in [6, 6.07) is 64.1. The van der Waals surface area contributed by atoms with Crippen molar-refractivity contribution in [3.8, 4) is 50.8 Å². The van der Waals surface area contributed by atoms with Gasteiger partial charge in [-0.3, -0.25) is 0 Å². The summed E-state index contributed by atoms with van der Waals surface area (Å²) in [6.45, 7) is 0. The quantitative estimate of drug-likeness (QED) is 0.179. The molecule has 0 fully saturated rings. The van der Waals surface area contributed by atoms with E-state index in [9.17, 15) is 0 Å². The molecule has 0 unspecified atom stereocenters. The largest absolute Gasteiger partial charge is 0.309 e. The number of hydrogen-bond donors (Lipinski definition) is 0. The first-order valence-electron chi connectivity index (χ1n) is 18.1. The lowest BCUT2D eigenvalue weighted by atomic mass is 10.0. The first-order chi connectivity index (χ1) is 26.8. The molecule has 0 saturated heterocycles. The van der Waals surface area contributed by atoms with Crippen molar-refractivity contribution in [3.63, 3.8) is 0 Å². The zero-order chi connectivity index (χ0) is 35.6. The summed E-state index contributed by atoms with van der Waals surface area (Å²) in [5.41, 5.74) is 11.4. The Kier molecular flexibility index (Phi) is 7.00. The highest BCUT2D eigenvalue weighted by Gasteiger charge is 2.19. The first kappa shape index (κ1) is 30.7. The lowest BCUT2D eigenvalue weighted by Gasteiger charge is -2.12. The van der Waals surface area contributed by atoms with Crippen LogP contribution in [0.15, 0.2) is 182 Å². The molecule has 0 saturated carbocycles. The highest BCUT2D eigenvalue weighted by molar-refractivity contribution is 7.26. The molecule has 0 aliphatic rings. The van der Waals surface area contributed by atoms with Gasteiger partial charge in [0.05, 0.1) is 33.6 Å². The summed E-state index contributed by atoms with van der Waals surface area (Å²) in [6.07, 6.45) is 0. The molecule has 0 aliphatic heterocycles. The lowest BCUT2D eigenvalue weighted by Crippen LogP contribution is -1.97. The number of benzene rings is 7. The van der Waals surface area contributed by atoms with Crippen LogP contribution >= 0.6 is 11.3 Å². The molecular formula is C49H30N4S. The predicted octanol–water partition coefficient (Wildman–Crippen LogP) is 13.2. The molecule has 0 atom stereocenters. The second-order valence-corrected chi connectivity index (χ2v) is 14.7. The van der Waals surface area contributed by atoms with Crippen molar-refractivity contribution in [2.45, 2.75) is 0 Å². The Bertz CT molecular complexity index is 3150. The Morgan fingerprint density at radius 2 is 0.963 bits per heavy atom. The number of rotatable bonds is 5. The van der Waals surface area contributed by atoms with Gasteiger partial charge in [-0.15, -0.1) is 11.3 Å².